The largest absolute Gasteiger partial charge is 0.416 e. The molecule has 3 rings (SSSR count). The highest BCUT2D eigenvalue weighted by molar-refractivity contribution is 7.89. The van der Waals surface area contributed by atoms with Gasteiger partial charge in [0.15, 0.2) is 0 Å². The zero-order chi connectivity index (χ0) is 16.4. The summed E-state index contributed by atoms with van der Waals surface area (Å²) >= 11 is 0. The van der Waals surface area contributed by atoms with Crippen LogP contribution in [-0.4, -0.2) is 18.6 Å². The van der Waals surface area contributed by atoms with E-state index in [4.69, 9.17) is 14.8 Å². The normalized spacial score (nSPS) is 11.1. The number of aromatic nitrogens is 2. The van der Waals surface area contributed by atoms with Gasteiger partial charge in [-0.3, -0.25) is 0 Å². The molecule has 3 aromatic rings. The maximum atomic E-state index is 11.2. The monoisotopic (exact) mass is 326 g/mol. The van der Waals surface area contributed by atoms with Crippen LogP contribution in [-0.2, 0) is 10.0 Å². The summed E-state index contributed by atoms with van der Waals surface area (Å²) in [5.41, 5.74) is 1.79. The van der Waals surface area contributed by atoms with Gasteiger partial charge in [0.25, 0.3) is 0 Å². The molecule has 0 aliphatic rings. The van der Waals surface area contributed by atoms with Crippen molar-refractivity contribution >= 4 is 10.0 Å². The molecule has 0 fully saturated rings. The zero-order valence-electron chi connectivity index (χ0n) is 11.7. The third-order valence-electron chi connectivity index (χ3n) is 3.12. The predicted molar refractivity (Wildman–Crippen MR) is 81.3 cm³/mol. The van der Waals surface area contributed by atoms with Crippen molar-refractivity contribution in [3.8, 4) is 29.0 Å². The minimum absolute atomic E-state index is 0.00748. The summed E-state index contributed by atoms with van der Waals surface area (Å²) in [5.74, 6) is 0.561. The number of nitrogens with zero attached hydrogens (tertiary/aromatic N) is 3. The predicted octanol–water partition coefficient (Wildman–Crippen LogP) is 1.92. The fourth-order valence-corrected chi connectivity index (χ4v) is 2.45. The SMILES string of the molecule is N#Cc1ccc(-c2nnc(-c3ccc(S(N)(=O)=O)cc3)o2)cc1. The molecule has 114 valence electrons. The molecule has 2 N–H and O–H groups in total. The number of hydrogen-bond donors (Lipinski definition) is 1. The third-order valence-corrected chi connectivity index (χ3v) is 4.04. The average molecular weight is 326 g/mol. The van der Waals surface area contributed by atoms with Gasteiger partial charge in [0, 0.05) is 11.1 Å². The van der Waals surface area contributed by atoms with Crippen LogP contribution in [0.3, 0.4) is 0 Å². The summed E-state index contributed by atoms with van der Waals surface area (Å²) in [6.45, 7) is 0. The highest BCUT2D eigenvalue weighted by atomic mass is 32.2. The third kappa shape index (κ3) is 3.11. The minimum atomic E-state index is -3.74. The summed E-state index contributed by atoms with van der Waals surface area (Å²) in [6, 6.07) is 14.6. The summed E-state index contributed by atoms with van der Waals surface area (Å²) in [4.78, 5) is 0.00748. The molecule has 0 atom stereocenters. The fourth-order valence-electron chi connectivity index (χ4n) is 1.93. The van der Waals surface area contributed by atoms with Gasteiger partial charge in [-0.15, -0.1) is 10.2 Å². The lowest BCUT2D eigenvalue weighted by Gasteiger charge is -1.99. The molecule has 0 aliphatic heterocycles. The van der Waals surface area contributed by atoms with Crippen molar-refractivity contribution in [1.82, 2.24) is 10.2 Å². The Hall–Kier alpha value is -3.02. The molecule has 8 heteroatoms. The van der Waals surface area contributed by atoms with Crippen LogP contribution >= 0.6 is 0 Å². The van der Waals surface area contributed by atoms with Gasteiger partial charge in [-0.2, -0.15) is 5.26 Å². The van der Waals surface area contributed by atoms with E-state index < -0.39 is 10.0 Å². The van der Waals surface area contributed by atoms with Crippen LogP contribution in [0.1, 0.15) is 5.56 Å². The number of rotatable bonds is 3. The van der Waals surface area contributed by atoms with Crippen molar-refractivity contribution in [2.45, 2.75) is 4.90 Å². The van der Waals surface area contributed by atoms with Crippen LogP contribution in [0.25, 0.3) is 22.9 Å². The van der Waals surface area contributed by atoms with E-state index in [0.717, 1.165) is 0 Å². The Balaban J connectivity index is 1.91. The van der Waals surface area contributed by atoms with Gasteiger partial charge >= 0.3 is 0 Å². The molecule has 0 saturated heterocycles. The average Bonchev–Trinajstić information content (AvgIpc) is 3.04. The van der Waals surface area contributed by atoms with Crippen molar-refractivity contribution < 1.29 is 12.8 Å². The van der Waals surface area contributed by atoms with Gasteiger partial charge in [0.1, 0.15) is 0 Å². The molecule has 7 nitrogen and oxygen atoms in total. The smallest absolute Gasteiger partial charge is 0.248 e. The van der Waals surface area contributed by atoms with Crippen molar-refractivity contribution in [1.29, 1.82) is 5.26 Å². The number of primary sulfonamides is 1. The van der Waals surface area contributed by atoms with Crippen LogP contribution in [0.2, 0.25) is 0 Å². The molecule has 0 spiro atoms. The number of hydrogen-bond acceptors (Lipinski definition) is 6. The van der Waals surface area contributed by atoms with E-state index >= 15 is 0 Å². The first-order valence-electron chi connectivity index (χ1n) is 6.44. The van der Waals surface area contributed by atoms with Gasteiger partial charge in [-0.05, 0) is 48.5 Å². The van der Waals surface area contributed by atoms with Gasteiger partial charge < -0.3 is 4.42 Å². The van der Waals surface area contributed by atoms with Crippen molar-refractivity contribution in [3.63, 3.8) is 0 Å². The molecular weight excluding hydrogens is 316 g/mol. The number of nitriles is 1. The molecule has 23 heavy (non-hydrogen) atoms. The van der Waals surface area contributed by atoms with Crippen molar-refractivity contribution in [2.24, 2.45) is 5.14 Å². The number of nitrogens with two attached hydrogens (primary N) is 1. The van der Waals surface area contributed by atoms with Crippen LogP contribution in [0.15, 0.2) is 57.8 Å². The Morgan fingerprint density at radius 2 is 1.39 bits per heavy atom. The van der Waals surface area contributed by atoms with Gasteiger partial charge in [0.05, 0.1) is 16.5 Å². The molecule has 1 heterocycles. The van der Waals surface area contributed by atoms with Crippen LogP contribution in [0.4, 0.5) is 0 Å². The van der Waals surface area contributed by atoms with Gasteiger partial charge in [-0.25, -0.2) is 13.6 Å². The van der Waals surface area contributed by atoms with Crippen LogP contribution in [0, 0.1) is 11.3 Å². The summed E-state index contributed by atoms with van der Waals surface area (Å²) in [6.07, 6.45) is 0. The van der Waals surface area contributed by atoms with Crippen LogP contribution < -0.4 is 5.14 Å². The van der Waals surface area contributed by atoms with Crippen LogP contribution in [0.5, 0.6) is 0 Å². The first-order valence-corrected chi connectivity index (χ1v) is 7.99. The van der Waals surface area contributed by atoms with E-state index in [-0.39, 0.29) is 10.8 Å². The van der Waals surface area contributed by atoms with Crippen molar-refractivity contribution in [3.05, 3.63) is 54.1 Å². The maximum absolute atomic E-state index is 11.2. The number of sulfonamides is 1. The Morgan fingerprint density at radius 3 is 1.83 bits per heavy atom. The summed E-state index contributed by atoms with van der Waals surface area (Å²) in [7, 11) is -3.74. The lowest BCUT2D eigenvalue weighted by Crippen LogP contribution is -2.11. The fraction of sp³-hybridized carbons (Fsp3) is 0. The van der Waals surface area contributed by atoms with Gasteiger partial charge in [0.2, 0.25) is 21.8 Å². The Labute approximate surface area is 132 Å². The molecule has 0 aliphatic carbocycles. The molecule has 0 unspecified atom stereocenters. The van der Waals surface area contributed by atoms with E-state index in [1.165, 1.54) is 24.3 Å². The first kappa shape index (κ1) is 14.9. The highest BCUT2D eigenvalue weighted by Gasteiger charge is 2.12. The molecule has 1 aromatic heterocycles. The summed E-state index contributed by atoms with van der Waals surface area (Å²) < 4.78 is 28.0. The van der Waals surface area contributed by atoms with E-state index in [0.29, 0.717) is 22.6 Å². The highest BCUT2D eigenvalue weighted by Crippen LogP contribution is 2.24. The second-order valence-corrected chi connectivity index (χ2v) is 6.23. The Kier molecular flexibility index (Phi) is 3.65. The molecular formula is C15H10N4O3S. The molecule has 0 radical (unpaired) electrons. The van der Waals surface area contributed by atoms with E-state index in [9.17, 15) is 8.42 Å². The van der Waals surface area contributed by atoms with E-state index in [1.54, 1.807) is 24.3 Å². The van der Waals surface area contributed by atoms with Gasteiger partial charge in [-0.1, -0.05) is 0 Å². The molecule has 0 bridgehead atoms. The van der Waals surface area contributed by atoms with E-state index in [2.05, 4.69) is 10.2 Å². The molecule has 0 amide bonds. The standard InChI is InChI=1S/C15H10N4O3S/c16-9-10-1-3-11(4-2-10)14-18-19-15(22-14)12-5-7-13(8-6-12)23(17,20)21/h1-8H,(H2,17,20,21). The quantitative estimate of drug-likeness (QED) is 0.784. The second kappa shape index (κ2) is 5.64. The topological polar surface area (TPSA) is 123 Å². The lowest BCUT2D eigenvalue weighted by atomic mass is 10.1. The lowest BCUT2D eigenvalue weighted by molar-refractivity contribution is 0.584. The summed E-state index contributed by atoms with van der Waals surface area (Å²) in [5, 5.41) is 21.7. The van der Waals surface area contributed by atoms with E-state index in [1.807, 2.05) is 6.07 Å². The number of benzene rings is 2. The Bertz CT molecular complexity index is 984. The molecule has 0 saturated carbocycles. The zero-order valence-corrected chi connectivity index (χ0v) is 12.5. The second-order valence-electron chi connectivity index (χ2n) is 4.67. The first-order chi connectivity index (χ1) is 11.0. The minimum Gasteiger partial charge on any atom is -0.416 e. The molecule has 2 aromatic carbocycles. The van der Waals surface area contributed by atoms with Crippen molar-refractivity contribution in [2.75, 3.05) is 0 Å². The Morgan fingerprint density at radius 1 is 0.913 bits per heavy atom. The maximum Gasteiger partial charge on any atom is 0.248 e.